The third-order valence-electron chi connectivity index (χ3n) is 4.14. The van der Waals surface area contributed by atoms with Gasteiger partial charge in [-0.3, -0.25) is 9.59 Å². The molecule has 1 aliphatic heterocycles. The highest BCUT2D eigenvalue weighted by Crippen LogP contribution is 2.22. The predicted octanol–water partition coefficient (Wildman–Crippen LogP) is -1.11. The van der Waals surface area contributed by atoms with Crippen LogP contribution in [0.5, 0.6) is 0 Å². The molecule has 1 aliphatic rings. The maximum atomic E-state index is 12.0. The van der Waals surface area contributed by atoms with Gasteiger partial charge < -0.3 is 40.0 Å². The number of aliphatic hydroxyl groups excluding tert-OH is 4. The molecular formula is C18H25NO9. The third kappa shape index (κ3) is 6.23. The zero-order valence-corrected chi connectivity index (χ0v) is 15.4. The number of anilines is 1. The molecule has 2 rings (SSSR count). The number of benzene rings is 1. The molecule has 156 valence electrons. The zero-order valence-electron chi connectivity index (χ0n) is 15.4. The Hall–Kier alpha value is -2.08. The topological polar surface area (TPSA) is 155 Å². The summed E-state index contributed by atoms with van der Waals surface area (Å²) in [7, 11) is 0. The van der Waals surface area contributed by atoms with Crippen molar-refractivity contribution in [2.75, 3.05) is 18.5 Å². The largest absolute Gasteiger partial charge is 0.461 e. The molecule has 0 spiro atoms. The van der Waals surface area contributed by atoms with Crippen molar-refractivity contribution >= 4 is 17.6 Å². The minimum atomic E-state index is -1.53. The second kappa shape index (κ2) is 10.5. The Morgan fingerprint density at radius 2 is 1.79 bits per heavy atom. The Balaban J connectivity index is 1.75. The Bertz CT molecular complexity index is 649. The summed E-state index contributed by atoms with van der Waals surface area (Å²) in [6.07, 6.45) is -6.90. The Kier molecular flexibility index (Phi) is 8.30. The highest BCUT2D eigenvalue weighted by Gasteiger charge is 2.43. The summed E-state index contributed by atoms with van der Waals surface area (Å²) in [5.74, 6) is -0.728. The summed E-state index contributed by atoms with van der Waals surface area (Å²) in [5, 5.41) is 41.0. The lowest BCUT2D eigenvalue weighted by Gasteiger charge is -2.39. The van der Waals surface area contributed by atoms with Crippen molar-refractivity contribution in [2.45, 2.75) is 50.7 Å². The van der Waals surface area contributed by atoms with E-state index in [-0.39, 0.29) is 31.5 Å². The van der Waals surface area contributed by atoms with Gasteiger partial charge in [0.25, 0.3) is 0 Å². The van der Waals surface area contributed by atoms with Crippen LogP contribution in [-0.4, -0.2) is 76.2 Å². The van der Waals surface area contributed by atoms with Crippen molar-refractivity contribution in [1.29, 1.82) is 0 Å². The molecule has 1 aromatic rings. The van der Waals surface area contributed by atoms with Crippen molar-refractivity contribution in [2.24, 2.45) is 0 Å². The van der Waals surface area contributed by atoms with Crippen LogP contribution in [0.15, 0.2) is 24.3 Å². The molecule has 1 amide bonds. The predicted molar refractivity (Wildman–Crippen MR) is 94.9 cm³/mol. The molecule has 1 saturated heterocycles. The first-order valence-electron chi connectivity index (χ1n) is 8.76. The number of amides is 1. The van der Waals surface area contributed by atoms with E-state index in [1.165, 1.54) is 6.92 Å². The van der Waals surface area contributed by atoms with Crippen LogP contribution in [-0.2, 0) is 30.4 Å². The average molecular weight is 399 g/mol. The van der Waals surface area contributed by atoms with E-state index in [0.29, 0.717) is 5.69 Å². The van der Waals surface area contributed by atoms with Gasteiger partial charge in [-0.2, -0.15) is 0 Å². The number of ether oxygens (including phenoxy) is 3. The van der Waals surface area contributed by atoms with Crippen LogP contribution in [0.4, 0.5) is 5.69 Å². The molecule has 5 N–H and O–H groups in total. The van der Waals surface area contributed by atoms with Gasteiger partial charge in [0, 0.05) is 12.6 Å². The van der Waals surface area contributed by atoms with Crippen LogP contribution in [0.3, 0.4) is 0 Å². The number of carbonyl (C=O) groups is 2. The van der Waals surface area contributed by atoms with Gasteiger partial charge in [0.05, 0.1) is 19.6 Å². The van der Waals surface area contributed by atoms with E-state index >= 15 is 0 Å². The Labute approximate surface area is 161 Å². The van der Waals surface area contributed by atoms with Crippen LogP contribution < -0.4 is 5.32 Å². The van der Waals surface area contributed by atoms with E-state index < -0.39 is 37.3 Å². The number of carbonyl (C=O) groups excluding carboxylic acids is 2. The Morgan fingerprint density at radius 3 is 2.39 bits per heavy atom. The summed E-state index contributed by atoms with van der Waals surface area (Å²) in [5.41, 5.74) is 1.32. The first-order valence-corrected chi connectivity index (χ1v) is 8.76. The first-order chi connectivity index (χ1) is 13.3. The smallest absolute Gasteiger partial charge is 0.302 e. The number of nitrogens with one attached hydrogen (secondary N) is 1. The molecular weight excluding hydrogens is 374 g/mol. The molecule has 0 aromatic heterocycles. The van der Waals surface area contributed by atoms with Crippen LogP contribution >= 0.6 is 0 Å². The highest BCUT2D eigenvalue weighted by molar-refractivity contribution is 5.90. The number of hydrogen-bond donors (Lipinski definition) is 5. The normalized spacial score (nSPS) is 27.2. The highest BCUT2D eigenvalue weighted by atomic mass is 16.7. The van der Waals surface area contributed by atoms with E-state index in [2.05, 4.69) is 5.32 Å². The molecule has 1 aromatic carbocycles. The van der Waals surface area contributed by atoms with Gasteiger partial charge in [-0.15, -0.1) is 0 Å². The molecule has 5 atom stereocenters. The number of aliphatic hydroxyl groups is 4. The fraction of sp³-hybridized carbons (Fsp3) is 0.556. The van der Waals surface area contributed by atoms with E-state index in [0.717, 1.165) is 5.56 Å². The molecule has 10 heteroatoms. The molecule has 28 heavy (non-hydrogen) atoms. The molecule has 2 unspecified atom stereocenters. The number of hydrogen-bond acceptors (Lipinski definition) is 9. The van der Waals surface area contributed by atoms with Crippen molar-refractivity contribution in [3.63, 3.8) is 0 Å². The molecule has 0 radical (unpaired) electrons. The minimum absolute atomic E-state index is 0.0514. The maximum Gasteiger partial charge on any atom is 0.302 e. The molecule has 1 heterocycles. The van der Waals surface area contributed by atoms with Gasteiger partial charge in [-0.25, -0.2) is 0 Å². The summed E-state index contributed by atoms with van der Waals surface area (Å²) < 4.78 is 15.3. The standard InChI is InChI=1S/C18H25NO9/c1-10(21)27-9-11-2-4-12(5-3-11)19-14(22)6-7-26-18-17(25)16(24)15(23)13(8-20)28-18/h2-5,13,15-18,20,23-25H,6-9H2,1H3,(H,19,22)/t13-,15?,16+,17?,18-/m1/s1. The lowest BCUT2D eigenvalue weighted by molar-refractivity contribution is -0.300. The first kappa shape index (κ1) is 22.2. The average Bonchev–Trinajstić information content (AvgIpc) is 2.67. The van der Waals surface area contributed by atoms with Gasteiger partial charge in [0.2, 0.25) is 5.91 Å². The van der Waals surface area contributed by atoms with Gasteiger partial charge in [-0.1, -0.05) is 12.1 Å². The summed E-state index contributed by atoms with van der Waals surface area (Å²) in [4.78, 5) is 22.8. The van der Waals surface area contributed by atoms with Crippen molar-refractivity contribution < 1.29 is 44.2 Å². The number of rotatable bonds is 8. The molecule has 0 aliphatic carbocycles. The monoisotopic (exact) mass is 399 g/mol. The van der Waals surface area contributed by atoms with Crippen LogP contribution in [0.25, 0.3) is 0 Å². The van der Waals surface area contributed by atoms with Crippen molar-refractivity contribution in [1.82, 2.24) is 0 Å². The fourth-order valence-corrected chi connectivity index (χ4v) is 2.57. The lowest BCUT2D eigenvalue weighted by Crippen LogP contribution is -2.59. The summed E-state index contributed by atoms with van der Waals surface area (Å²) >= 11 is 0. The fourth-order valence-electron chi connectivity index (χ4n) is 2.57. The van der Waals surface area contributed by atoms with Crippen LogP contribution in [0, 0.1) is 0 Å². The van der Waals surface area contributed by atoms with Crippen molar-refractivity contribution in [3.05, 3.63) is 29.8 Å². The SMILES string of the molecule is CC(=O)OCc1ccc(NC(=O)CCO[C@@H]2O[C@H](CO)C(O)[C@H](O)C2O)cc1. The van der Waals surface area contributed by atoms with Gasteiger partial charge in [-0.05, 0) is 17.7 Å². The zero-order chi connectivity index (χ0) is 20.7. The summed E-state index contributed by atoms with van der Waals surface area (Å²) in [6, 6.07) is 6.75. The molecule has 1 fully saturated rings. The van der Waals surface area contributed by atoms with E-state index in [1.807, 2.05) is 0 Å². The van der Waals surface area contributed by atoms with Crippen LogP contribution in [0.1, 0.15) is 18.9 Å². The third-order valence-corrected chi connectivity index (χ3v) is 4.14. The number of esters is 1. The molecule has 0 bridgehead atoms. The van der Waals surface area contributed by atoms with Gasteiger partial charge in [0.15, 0.2) is 6.29 Å². The second-order valence-corrected chi connectivity index (χ2v) is 6.34. The minimum Gasteiger partial charge on any atom is -0.461 e. The van der Waals surface area contributed by atoms with E-state index in [9.17, 15) is 24.9 Å². The second-order valence-electron chi connectivity index (χ2n) is 6.34. The van der Waals surface area contributed by atoms with Gasteiger partial charge >= 0.3 is 5.97 Å². The molecule has 10 nitrogen and oxygen atoms in total. The van der Waals surface area contributed by atoms with Gasteiger partial charge in [0.1, 0.15) is 31.0 Å². The van der Waals surface area contributed by atoms with Crippen molar-refractivity contribution in [3.8, 4) is 0 Å². The lowest BCUT2D eigenvalue weighted by atomic mass is 9.99. The maximum absolute atomic E-state index is 12.0. The summed E-state index contributed by atoms with van der Waals surface area (Å²) in [6.45, 7) is 0.801. The Morgan fingerprint density at radius 1 is 1.11 bits per heavy atom. The van der Waals surface area contributed by atoms with E-state index in [4.69, 9.17) is 19.3 Å². The molecule has 0 saturated carbocycles. The van der Waals surface area contributed by atoms with E-state index in [1.54, 1.807) is 24.3 Å². The van der Waals surface area contributed by atoms with Crippen LogP contribution in [0.2, 0.25) is 0 Å². The quantitative estimate of drug-likeness (QED) is 0.342.